The number of carbonyl (C=O) groups is 1. The Hall–Kier alpha value is -9.12. The predicted molar refractivity (Wildman–Crippen MR) is 276 cm³/mol. The number of rotatable bonds is 10. The summed E-state index contributed by atoms with van der Waals surface area (Å²) in [7, 11) is 0. The molecule has 4 nitrogen and oxygen atoms in total. The smallest absolute Gasteiger partial charge is 0.361 e. The zero-order valence-corrected chi connectivity index (χ0v) is 36.9. The van der Waals surface area contributed by atoms with Crippen LogP contribution in [-0.4, -0.2) is 10.9 Å². The minimum atomic E-state index is -0.255. The van der Waals surface area contributed by atoms with E-state index in [1.165, 1.54) is 0 Å². The molecule has 68 heavy (non-hydrogen) atoms. The average molecular weight is 876 g/mol. The number of aliphatic hydroxyl groups is 1. The van der Waals surface area contributed by atoms with Crippen molar-refractivity contribution in [2.75, 3.05) is 0 Å². The van der Waals surface area contributed by atoms with Crippen molar-refractivity contribution < 1.29 is 19.1 Å². The SMILES string of the molecule is O=C1C(=Cc2cc(-c3ccc(-c4ccccc4)cc3)[o+]c(-c3ccc(-c4ccccc4)cc3)c2)C(O)=C1C=C1C=C(c2ccc(-c3ccccc3)cc2)OC(c2ccc(-c3ccccc3)cc2)=C1. The molecule has 1 N–H and O–H groups in total. The van der Waals surface area contributed by atoms with E-state index < -0.39 is 0 Å². The Balaban J connectivity index is 0.949. The Morgan fingerprint density at radius 1 is 0.368 bits per heavy atom. The van der Waals surface area contributed by atoms with Crippen molar-refractivity contribution >= 4 is 23.4 Å². The monoisotopic (exact) mass is 875 g/mol. The first-order valence-corrected chi connectivity index (χ1v) is 22.6. The predicted octanol–water partition coefficient (Wildman–Crippen LogP) is 16.4. The summed E-state index contributed by atoms with van der Waals surface area (Å²) in [4.78, 5) is 14.1. The molecule has 2 aliphatic rings. The Morgan fingerprint density at radius 3 is 1.01 bits per heavy atom. The normalized spacial score (nSPS) is 13.9. The number of benzene rings is 8. The summed E-state index contributed by atoms with van der Waals surface area (Å²) in [6, 6.07) is 77.8. The summed E-state index contributed by atoms with van der Waals surface area (Å²) in [6.45, 7) is 0. The fourth-order valence-electron chi connectivity index (χ4n) is 8.65. The van der Waals surface area contributed by atoms with E-state index in [0.29, 0.717) is 23.0 Å². The molecule has 0 radical (unpaired) electrons. The summed E-state index contributed by atoms with van der Waals surface area (Å²) in [5.41, 5.74) is 14.3. The molecule has 4 heteroatoms. The number of hydrogen-bond acceptors (Lipinski definition) is 3. The van der Waals surface area contributed by atoms with Gasteiger partial charge in [0.05, 0.1) is 34.4 Å². The third kappa shape index (κ3) is 8.70. The van der Waals surface area contributed by atoms with Crippen LogP contribution in [0.3, 0.4) is 0 Å². The van der Waals surface area contributed by atoms with E-state index in [1.54, 1.807) is 12.2 Å². The maximum atomic E-state index is 14.1. The highest BCUT2D eigenvalue weighted by molar-refractivity contribution is 6.23. The lowest BCUT2D eigenvalue weighted by Crippen LogP contribution is -2.21. The standard InChI is InChI=1S/C64H42O4/c65-63-57(37-43-39-59(53-29-21-49(22-30-53)45-13-5-1-6-14-45)67-60(40-43)54-31-23-50(24-32-54)46-15-7-2-8-16-46)64(66)58(63)38-44-41-61(55-33-25-51(26-34-55)47-17-9-3-10-18-47)68-62(42-44)56-35-27-52(28-36-56)48-19-11-4-12-20-48/h1-42H/p+1. The molecule has 0 saturated heterocycles. The highest BCUT2D eigenvalue weighted by atomic mass is 16.5. The van der Waals surface area contributed by atoms with Crippen LogP contribution in [0.25, 0.3) is 84.7 Å². The zero-order chi connectivity index (χ0) is 45.8. The summed E-state index contributed by atoms with van der Waals surface area (Å²) in [6.07, 6.45) is 7.32. The van der Waals surface area contributed by atoms with Crippen molar-refractivity contribution in [1.29, 1.82) is 0 Å². The molecule has 322 valence electrons. The largest absolute Gasteiger partial charge is 0.506 e. The van der Waals surface area contributed by atoms with Gasteiger partial charge in [0.1, 0.15) is 17.3 Å². The maximum Gasteiger partial charge on any atom is 0.361 e. The molecular formula is C64H43O4+. The van der Waals surface area contributed by atoms with E-state index in [9.17, 15) is 9.90 Å². The molecule has 0 fully saturated rings. The maximum absolute atomic E-state index is 14.1. The molecule has 0 atom stereocenters. The minimum Gasteiger partial charge on any atom is -0.506 e. The highest BCUT2D eigenvalue weighted by Crippen LogP contribution is 2.39. The number of Topliss-reactive ketones (excluding diaryl/α,β-unsaturated/α-hetero) is 1. The van der Waals surface area contributed by atoms with Gasteiger partial charge in [0, 0.05) is 11.1 Å². The molecule has 1 aromatic heterocycles. The van der Waals surface area contributed by atoms with Gasteiger partial charge in [0.15, 0.2) is 0 Å². The van der Waals surface area contributed by atoms with Crippen LogP contribution in [0.4, 0.5) is 0 Å². The van der Waals surface area contributed by atoms with E-state index in [2.05, 4.69) is 97.1 Å². The van der Waals surface area contributed by atoms with Gasteiger partial charge in [-0.2, -0.15) is 0 Å². The van der Waals surface area contributed by atoms with Gasteiger partial charge in [-0.05, 0) is 104 Å². The topological polar surface area (TPSA) is 57.8 Å². The molecule has 1 aliphatic heterocycles. The van der Waals surface area contributed by atoms with Gasteiger partial charge in [-0.25, -0.2) is 4.42 Å². The molecule has 9 aromatic rings. The molecule has 0 spiro atoms. The van der Waals surface area contributed by atoms with Crippen molar-refractivity contribution in [2.45, 2.75) is 0 Å². The van der Waals surface area contributed by atoms with Crippen LogP contribution in [0.2, 0.25) is 0 Å². The lowest BCUT2D eigenvalue weighted by atomic mass is 9.85. The highest BCUT2D eigenvalue weighted by Gasteiger charge is 2.33. The van der Waals surface area contributed by atoms with Gasteiger partial charge >= 0.3 is 11.5 Å². The van der Waals surface area contributed by atoms with Crippen LogP contribution in [0.1, 0.15) is 16.7 Å². The first-order chi connectivity index (χ1) is 33.5. The van der Waals surface area contributed by atoms with E-state index in [4.69, 9.17) is 9.15 Å². The Kier molecular flexibility index (Phi) is 11.3. The quantitative estimate of drug-likeness (QED) is 0.110. The van der Waals surface area contributed by atoms with Crippen molar-refractivity contribution in [3.8, 4) is 67.2 Å². The van der Waals surface area contributed by atoms with Crippen molar-refractivity contribution in [2.24, 2.45) is 0 Å². The zero-order valence-electron chi connectivity index (χ0n) is 36.9. The van der Waals surface area contributed by atoms with Crippen molar-refractivity contribution in [1.82, 2.24) is 0 Å². The van der Waals surface area contributed by atoms with Crippen LogP contribution < -0.4 is 0 Å². The summed E-state index contributed by atoms with van der Waals surface area (Å²) in [5.74, 6) is 2.19. The van der Waals surface area contributed by atoms with Crippen LogP contribution in [0.5, 0.6) is 0 Å². The molecule has 8 aromatic carbocycles. The summed E-state index contributed by atoms with van der Waals surface area (Å²) in [5, 5.41) is 11.7. The molecule has 1 aliphatic carbocycles. The van der Waals surface area contributed by atoms with Gasteiger partial charge in [-0.3, -0.25) is 4.79 Å². The Morgan fingerprint density at radius 2 is 0.676 bits per heavy atom. The number of ether oxygens (including phenoxy) is 1. The second-order valence-corrected chi connectivity index (χ2v) is 16.8. The van der Waals surface area contributed by atoms with Crippen molar-refractivity contribution in [3.63, 3.8) is 0 Å². The summed E-state index contributed by atoms with van der Waals surface area (Å²) >= 11 is 0. The number of allylic oxidation sites excluding steroid dienone is 6. The molecule has 0 unspecified atom stereocenters. The molecular weight excluding hydrogens is 833 g/mol. The molecule has 11 rings (SSSR count). The van der Waals surface area contributed by atoms with Crippen LogP contribution in [0, 0.1) is 0 Å². The number of carbonyl (C=O) groups excluding carboxylic acids is 1. The van der Waals surface area contributed by atoms with E-state index >= 15 is 0 Å². The number of ketones is 1. The number of hydrogen-bond donors (Lipinski definition) is 1. The van der Waals surface area contributed by atoms with Gasteiger partial charge in [0.2, 0.25) is 5.78 Å². The fraction of sp³-hybridized carbons (Fsp3) is 0. The van der Waals surface area contributed by atoms with Gasteiger partial charge < -0.3 is 9.84 Å². The second kappa shape index (κ2) is 18.4. The van der Waals surface area contributed by atoms with E-state index in [0.717, 1.165) is 77.9 Å². The first kappa shape index (κ1) is 41.6. The molecule has 2 heterocycles. The molecule has 0 bridgehead atoms. The van der Waals surface area contributed by atoms with Gasteiger partial charge in [-0.1, -0.05) is 194 Å². The van der Waals surface area contributed by atoms with Gasteiger partial charge in [-0.15, -0.1) is 0 Å². The Bertz CT molecular complexity index is 3250. The average Bonchev–Trinajstić information content (AvgIpc) is 3.42. The van der Waals surface area contributed by atoms with Crippen LogP contribution >= 0.6 is 0 Å². The second-order valence-electron chi connectivity index (χ2n) is 16.8. The van der Waals surface area contributed by atoms with Gasteiger partial charge in [0.25, 0.3) is 0 Å². The third-order valence-corrected chi connectivity index (χ3v) is 12.4. The van der Waals surface area contributed by atoms with Crippen molar-refractivity contribution in [3.05, 3.63) is 288 Å². The van der Waals surface area contributed by atoms with E-state index in [-0.39, 0.29) is 22.7 Å². The third-order valence-electron chi connectivity index (χ3n) is 12.4. The molecule has 0 saturated carbocycles. The Labute approximate surface area is 395 Å². The lowest BCUT2D eigenvalue weighted by molar-refractivity contribution is -0.113. The lowest BCUT2D eigenvalue weighted by Gasteiger charge is -2.22. The summed E-state index contributed by atoms with van der Waals surface area (Å²) < 4.78 is 13.2. The van der Waals surface area contributed by atoms with Crippen LogP contribution in [0.15, 0.2) is 276 Å². The first-order valence-electron chi connectivity index (χ1n) is 22.6. The molecule has 0 amide bonds. The number of aliphatic hydroxyl groups excluding tert-OH is 1. The van der Waals surface area contributed by atoms with E-state index in [1.807, 2.05) is 146 Å². The van der Waals surface area contributed by atoms with Crippen LogP contribution in [-0.2, 0) is 9.53 Å². The fourth-order valence-corrected chi connectivity index (χ4v) is 8.65. The minimum absolute atomic E-state index is 0.0679.